The number of imidazole rings is 1. The molecular weight excluding hydrogens is 230 g/mol. The lowest BCUT2D eigenvalue weighted by molar-refractivity contribution is 0.0210. The highest BCUT2D eigenvalue weighted by Gasteiger charge is 2.36. The monoisotopic (exact) mass is 251 g/mol. The van der Waals surface area contributed by atoms with Crippen LogP contribution in [0.4, 0.5) is 0 Å². The van der Waals surface area contributed by atoms with Gasteiger partial charge in [0.2, 0.25) is 0 Å². The van der Waals surface area contributed by atoms with Gasteiger partial charge in [0.1, 0.15) is 5.69 Å². The molecule has 1 atom stereocenters. The number of amides is 1. The van der Waals surface area contributed by atoms with Crippen LogP contribution in [0.25, 0.3) is 0 Å². The largest absolute Gasteiger partial charge is 0.390 e. The van der Waals surface area contributed by atoms with E-state index in [2.05, 4.69) is 4.98 Å². The summed E-state index contributed by atoms with van der Waals surface area (Å²) in [6, 6.07) is 0. The molecule has 0 aliphatic carbocycles. The highest BCUT2D eigenvalue weighted by Crippen LogP contribution is 2.28. The molecule has 0 aromatic carbocycles. The fourth-order valence-corrected chi connectivity index (χ4v) is 2.52. The first-order valence-corrected chi connectivity index (χ1v) is 6.30. The average molecular weight is 251 g/mol. The standard InChI is InChI=1S/C13H21N3O2/c1-9-11(15(4)8-14-9)12(17)16-6-5-10(7-16)13(2,3)18/h8,10,18H,5-7H2,1-4H3. The van der Waals surface area contributed by atoms with E-state index in [1.807, 2.05) is 18.9 Å². The summed E-state index contributed by atoms with van der Waals surface area (Å²) in [5, 5.41) is 10.0. The van der Waals surface area contributed by atoms with Crippen LogP contribution < -0.4 is 0 Å². The zero-order valence-electron chi connectivity index (χ0n) is 11.5. The maximum atomic E-state index is 12.4. The number of hydrogen-bond donors (Lipinski definition) is 1. The van der Waals surface area contributed by atoms with E-state index in [9.17, 15) is 9.90 Å². The minimum atomic E-state index is -0.726. The van der Waals surface area contributed by atoms with E-state index in [1.165, 1.54) is 0 Å². The number of likely N-dealkylation sites (tertiary alicyclic amines) is 1. The van der Waals surface area contributed by atoms with Crippen molar-refractivity contribution >= 4 is 5.91 Å². The number of aromatic nitrogens is 2. The Morgan fingerprint density at radius 2 is 2.22 bits per heavy atom. The molecule has 1 aliphatic heterocycles. The topological polar surface area (TPSA) is 58.4 Å². The van der Waals surface area contributed by atoms with Crippen molar-refractivity contribution in [3.63, 3.8) is 0 Å². The minimum absolute atomic E-state index is 0.0132. The second kappa shape index (κ2) is 4.39. The molecule has 1 amide bonds. The van der Waals surface area contributed by atoms with Gasteiger partial charge in [-0.3, -0.25) is 4.79 Å². The van der Waals surface area contributed by atoms with E-state index in [0.717, 1.165) is 12.1 Å². The molecular formula is C13H21N3O2. The number of aryl methyl sites for hydroxylation is 2. The molecule has 1 unspecified atom stereocenters. The van der Waals surface area contributed by atoms with Crippen LogP contribution in [0, 0.1) is 12.8 Å². The maximum absolute atomic E-state index is 12.4. The quantitative estimate of drug-likeness (QED) is 0.851. The summed E-state index contributed by atoms with van der Waals surface area (Å²) in [5.74, 6) is 0.161. The zero-order valence-corrected chi connectivity index (χ0v) is 11.5. The lowest BCUT2D eigenvalue weighted by Gasteiger charge is -2.25. The van der Waals surface area contributed by atoms with Crippen molar-refractivity contribution < 1.29 is 9.90 Å². The summed E-state index contributed by atoms with van der Waals surface area (Å²) in [6.45, 7) is 6.78. The Morgan fingerprint density at radius 3 is 2.67 bits per heavy atom. The second-order valence-electron chi connectivity index (χ2n) is 5.68. The molecule has 1 aromatic heterocycles. The third-order valence-electron chi connectivity index (χ3n) is 3.80. The van der Waals surface area contributed by atoms with E-state index in [4.69, 9.17) is 0 Å². The Hall–Kier alpha value is -1.36. The first kappa shape index (κ1) is 13.1. The molecule has 18 heavy (non-hydrogen) atoms. The van der Waals surface area contributed by atoms with Crippen LogP contribution in [0.2, 0.25) is 0 Å². The van der Waals surface area contributed by atoms with E-state index >= 15 is 0 Å². The number of rotatable bonds is 2. The minimum Gasteiger partial charge on any atom is -0.390 e. The lowest BCUT2D eigenvalue weighted by atomic mass is 9.90. The van der Waals surface area contributed by atoms with Crippen LogP contribution >= 0.6 is 0 Å². The first-order chi connectivity index (χ1) is 8.30. The van der Waals surface area contributed by atoms with Crippen LogP contribution in [0.5, 0.6) is 0 Å². The number of carbonyl (C=O) groups excluding carboxylic acids is 1. The Kier molecular flexibility index (Phi) is 3.19. The predicted molar refractivity (Wildman–Crippen MR) is 68.3 cm³/mol. The molecule has 2 rings (SSSR count). The Labute approximate surface area is 107 Å². The van der Waals surface area contributed by atoms with Gasteiger partial charge < -0.3 is 14.6 Å². The Morgan fingerprint density at radius 1 is 1.56 bits per heavy atom. The van der Waals surface area contributed by atoms with Gasteiger partial charge in [0.05, 0.1) is 17.6 Å². The Balaban J connectivity index is 2.13. The SMILES string of the molecule is Cc1ncn(C)c1C(=O)N1CCC(C(C)(C)O)C1. The molecule has 0 radical (unpaired) electrons. The second-order valence-corrected chi connectivity index (χ2v) is 5.68. The van der Waals surface area contributed by atoms with E-state index in [0.29, 0.717) is 18.8 Å². The van der Waals surface area contributed by atoms with Crippen molar-refractivity contribution in [2.24, 2.45) is 13.0 Å². The van der Waals surface area contributed by atoms with Crippen LogP contribution in [0.15, 0.2) is 6.33 Å². The van der Waals surface area contributed by atoms with Gasteiger partial charge in [-0.05, 0) is 27.2 Å². The number of nitrogens with zero attached hydrogens (tertiary/aromatic N) is 3. The van der Waals surface area contributed by atoms with Crippen molar-refractivity contribution in [3.8, 4) is 0 Å². The smallest absolute Gasteiger partial charge is 0.272 e. The number of carbonyl (C=O) groups is 1. The highest BCUT2D eigenvalue weighted by molar-refractivity contribution is 5.93. The van der Waals surface area contributed by atoms with Gasteiger partial charge in [0.15, 0.2) is 0 Å². The van der Waals surface area contributed by atoms with Crippen LogP contribution in [0.1, 0.15) is 36.5 Å². The van der Waals surface area contributed by atoms with Gasteiger partial charge in [-0.15, -0.1) is 0 Å². The lowest BCUT2D eigenvalue weighted by Crippen LogP contribution is -2.36. The van der Waals surface area contributed by atoms with Gasteiger partial charge >= 0.3 is 0 Å². The number of hydrogen-bond acceptors (Lipinski definition) is 3. The fraction of sp³-hybridized carbons (Fsp3) is 0.692. The average Bonchev–Trinajstić information content (AvgIpc) is 2.84. The summed E-state index contributed by atoms with van der Waals surface area (Å²) in [4.78, 5) is 18.4. The molecule has 2 heterocycles. The third-order valence-corrected chi connectivity index (χ3v) is 3.80. The summed E-state index contributed by atoms with van der Waals surface area (Å²) >= 11 is 0. The van der Waals surface area contributed by atoms with Crippen molar-refractivity contribution in [3.05, 3.63) is 17.7 Å². The molecule has 1 aliphatic rings. The van der Waals surface area contributed by atoms with Crippen LogP contribution in [0.3, 0.4) is 0 Å². The summed E-state index contributed by atoms with van der Waals surface area (Å²) in [7, 11) is 1.83. The molecule has 0 bridgehead atoms. The molecule has 0 saturated carbocycles. The molecule has 1 aromatic rings. The van der Waals surface area contributed by atoms with Gasteiger partial charge in [-0.25, -0.2) is 4.98 Å². The van der Waals surface area contributed by atoms with Crippen molar-refractivity contribution in [1.29, 1.82) is 0 Å². The summed E-state index contributed by atoms with van der Waals surface area (Å²) < 4.78 is 1.76. The van der Waals surface area contributed by atoms with Gasteiger partial charge in [0, 0.05) is 26.1 Å². The van der Waals surface area contributed by atoms with Crippen molar-refractivity contribution in [2.75, 3.05) is 13.1 Å². The highest BCUT2D eigenvalue weighted by atomic mass is 16.3. The van der Waals surface area contributed by atoms with Crippen LogP contribution in [-0.2, 0) is 7.05 Å². The fourth-order valence-electron chi connectivity index (χ4n) is 2.52. The third kappa shape index (κ3) is 2.27. The van der Waals surface area contributed by atoms with Gasteiger partial charge in [-0.1, -0.05) is 0 Å². The molecule has 100 valence electrons. The van der Waals surface area contributed by atoms with E-state index in [-0.39, 0.29) is 11.8 Å². The summed E-state index contributed by atoms with van der Waals surface area (Å²) in [5.41, 5.74) is 0.678. The normalized spacial score (nSPS) is 20.5. The van der Waals surface area contributed by atoms with Crippen molar-refractivity contribution in [1.82, 2.24) is 14.5 Å². The Bertz CT molecular complexity index is 440. The van der Waals surface area contributed by atoms with Gasteiger partial charge in [0.25, 0.3) is 5.91 Å². The molecule has 5 heteroatoms. The number of aliphatic hydroxyl groups is 1. The predicted octanol–water partition coefficient (Wildman–Crippen LogP) is 0.962. The molecule has 0 spiro atoms. The van der Waals surface area contributed by atoms with Crippen LogP contribution in [-0.4, -0.2) is 44.2 Å². The maximum Gasteiger partial charge on any atom is 0.272 e. The molecule has 1 fully saturated rings. The zero-order chi connectivity index (χ0) is 13.5. The van der Waals surface area contributed by atoms with E-state index < -0.39 is 5.60 Å². The van der Waals surface area contributed by atoms with E-state index in [1.54, 1.807) is 24.7 Å². The summed E-state index contributed by atoms with van der Waals surface area (Å²) in [6.07, 6.45) is 2.51. The first-order valence-electron chi connectivity index (χ1n) is 6.30. The molecule has 1 N–H and O–H groups in total. The van der Waals surface area contributed by atoms with Crippen molar-refractivity contribution in [2.45, 2.75) is 32.8 Å². The van der Waals surface area contributed by atoms with Gasteiger partial charge in [-0.2, -0.15) is 0 Å². The molecule has 5 nitrogen and oxygen atoms in total. The molecule has 1 saturated heterocycles.